The number of aryl methyl sites for hydroxylation is 2. The fourth-order valence-electron chi connectivity index (χ4n) is 7.75. The zero-order chi connectivity index (χ0) is 37.5. The van der Waals surface area contributed by atoms with Crippen molar-refractivity contribution in [1.82, 2.24) is 15.5 Å². The Labute approximate surface area is 305 Å². The molecule has 2 heterocycles. The maximum absolute atomic E-state index is 14.7. The number of amides is 4. The number of likely N-dealkylation sites (tertiary alicyclic amines) is 1. The van der Waals surface area contributed by atoms with E-state index >= 15 is 0 Å². The lowest BCUT2D eigenvalue weighted by atomic mass is 9.85. The molecule has 4 aliphatic rings. The normalized spacial score (nSPS) is 24.8. The highest BCUT2D eigenvalue weighted by atomic mass is 16.7. The summed E-state index contributed by atoms with van der Waals surface area (Å²) >= 11 is 0. The van der Waals surface area contributed by atoms with Crippen molar-refractivity contribution in [2.24, 2.45) is 28.1 Å². The zero-order valence-corrected chi connectivity index (χ0v) is 31.0. The number of carbonyl (C=O) groups is 5. The lowest BCUT2D eigenvalue weighted by Gasteiger charge is -2.35. The largest absolute Gasteiger partial charge is 0.493 e. The van der Waals surface area contributed by atoms with Crippen LogP contribution in [0.5, 0.6) is 5.75 Å². The SMILES string of the molecule is CCOc1c(C)cc(C2=NO[C@]3(C2)C[C@@H](C(=O)N[C@@H](CC2CC2)C(=O)C(N)=O)N(C(=O)[C@@H](NC(=O)[C@@H]2C[C@H]2c2ccccc2)C(C)(C)C)C3)cc1C. The number of nitrogens with one attached hydrogen (secondary N) is 2. The summed E-state index contributed by atoms with van der Waals surface area (Å²) in [6.07, 6.45) is 3.20. The molecule has 2 saturated carbocycles. The second kappa shape index (κ2) is 14.4. The molecule has 4 amide bonds. The maximum atomic E-state index is 14.7. The second-order valence-corrected chi connectivity index (χ2v) is 16.2. The summed E-state index contributed by atoms with van der Waals surface area (Å²) < 4.78 is 5.83. The van der Waals surface area contributed by atoms with Gasteiger partial charge in [-0.2, -0.15) is 0 Å². The summed E-state index contributed by atoms with van der Waals surface area (Å²) in [5, 5.41) is 10.3. The summed E-state index contributed by atoms with van der Waals surface area (Å²) in [5.41, 5.74) is 8.15. The van der Waals surface area contributed by atoms with Crippen LogP contribution in [-0.2, 0) is 28.8 Å². The van der Waals surface area contributed by atoms with E-state index in [2.05, 4.69) is 15.8 Å². The Morgan fingerprint density at radius 3 is 2.31 bits per heavy atom. The van der Waals surface area contributed by atoms with Gasteiger partial charge in [-0.25, -0.2) is 0 Å². The van der Waals surface area contributed by atoms with Crippen LogP contribution >= 0.6 is 0 Å². The second-order valence-electron chi connectivity index (χ2n) is 16.2. The number of hydrogen-bond donors (Lipinski definition) is 3. The molecule has 278 valence electrons. The molecule has 0 radical (unpaired) electrons. The van der Waals surface area contributed by atoms with E-state index in [-0.39, 0.29) is 36.6 Å². The standard InChI is InChI=1S/C40H51N5O7/c1-7-51-33-22(2)15-26(16-23(33)3)30-19-40(52-44-30)20-31(37(49)42-29(17-24-13-14-24)32(46)35(41)47)45(21-40)38(50)34(39(4,5)6)43-36(48)28-18-27(28)25-11-9-8-10-12-25/h8-12,15-16,24,27-29,31,34H,7,13-14,17-21H2,1-6H3,(H2,41,47)(H,42,49)(H,43,48)/t27-,28+,29-,31-,34+,40+/m0/s1. The third kappa shape index (κ3) is 7.85. The predicted octanol–water partition coefficient (Wildman–Crippen LogP) is 3.84. The highest BCUT2D eigenvalue weighted by Crippen LogP contribution is 2.48. The quantitative estimate of drug-likeness (QED) is 0.265. The van der Waals surface area contributed by atoms with Gasteiger partial charge < -0.3 is 30.8 Å². The van der Waals surface area contributed by atoms with Crippen LogP contribution in [0.4, 0.5) is 0 Å². The van der Waals surface area contributed by atoms with Gasteiger partial charge in [0.2, 0.25) is 23.5 Å². The van der Waals surface area contributed by atoms with E-state index in [4.69, 9.17) is 15.3 Å². The van der Waals surface area contributed by atoms with Crippen molar-refractivity contribution in [1.29, 1.82) is 0 Å². The smallest absolute Gasteiger partial charge is 0.287 e. The molecular formula is C40H51N5O7. The minimum absolute atomic E-state index is 0.0293. The average molecular weight is 714 g/mol. The number of primary amides is 1. The molecule has 2 aliphatic carbocycles. The number of carbonyl (C=O) groups excluding carboxylic acids is 5. The van der Waals surface area contributed by atoms with Crippen LogP contribution in [-0.4, -0.2) is 76.9 Å². The van der Waals surface area contributed by atoms with Crippen molar-refractivity contribution in [2.75, 3.05) is 13.2 Å². The van der Waals surface area contributed by atoms with E-state index in [1.165, 1.54) is 4.90 Å². The van der Waals surface area contributed by atoms with Crippen LogP contribution in [0.1, 0.15) is 94.4 Å². The first kappa shape index (κ1) is 37.0. The summed E-state index contributed by atoms with van der Waals surface area (Å²) in [6.45, 7) is 12.1. The van der Waals surface area contributed by atoms with Crippen molar-refractivity contribution >= 4 is 35.1 Å². The molecule has 3 fully saturated rings. The number of ketones is 1. The monoisotopic (exact) mass is 713 g/mol. The van der Waals surface area contributed by atoms with Gasteiger partial charge in [0.15, 0.2) is 5.60 Å². The van der Waals surface area contributed by atoms with Gasteiger partial charge in [0.25, 0.3) is 5.91 Å². The molecule has 0 unspecified atom stereocenters. The number of oxime groups is 1. The Bertz CT molecular complexity index is 1760. The molecule has 52 heavy (non-hydrogen) atoms. The van der Waals surface area contributed by atoms with E-state index in [0.29, 0.717) is 31.6 Å². The van der Waals surface area contributed by atoms with Crippen molar-refractivity contribution in [3.63, 3.8) is 0 Å². The average Bonchev–Trinajstić information content (AvgIpc) is 4.02. The van der Waals surface area contributed by atoms with Crippen LogP contribution < -0.4 is 21.1 Å². The van der Waals surface area contributed by atoms with Gasteiger partial charge in [0, 0.05) is 24.3 Å². The molecule has 6 atom stereocenters. The molecule has 12 nitrogen and oxygen atoms in total. The number of rotatable bonds is 13. The third-order valence-corrected chi connectivity index (χ3v) is 10.8. The molecule has 4 N–H and O–H groups in total. The maximum Gasteiger partial charge on any atom is 0.287 e. The number of ether oxygens (including phenoxy) is 1. The van der Waals surface area contributed by atoms with Crippen LogP contribution in [0.3, 0.4) is 0 Å². The Morgan fingerprint density at radius 2 is 1.71 bits per heavy atom. The molecule has 2 aliphatic heterocycles. The molecule has 12 heteroatoms. The van der Waals surface area contributed by atoms with E-state index in [1.807, 2.05) is 84.0 Å². The first-order valence-electron chi connectivity index (χ1n) is 18.4. The van der Waals surface area contributed by atoms with E-state index < -0.39 is 52.6 Å². The lowest BCUT2D eigenvalue weighted by Crippen LogP contribution is -2.59. The fourth-order valence-corrected chi connectivity index (χ4v) is 7.75. The number of hydrogen-bond acceptors (Lipinski definition) is 8. The number of benzene rings is 2. The topological polar surface area (TPSA) is 169 Å². The van der Waals surface area contributed by atoms with E-state index in [1.54, 1.807) is 0 Å². The van der Waals surface area contributed by atoms with Gasteiger partial charge in [-0.05, 0) is 79.7 Å². The van der Waals surface area contributed by atoms with Gasteiger partial charge in [-0.15, -0.1) is 0 Å². The summed E-state index contributed by atoms with van der Waals surface area (Å²) in [7, 11) is 0. The van der Waals surface area contributed by atoms with Gasteiger partial charge in [-0.1, -0.05) is 69.1 Å². The molecule has 0 aromatic heterocycles. The van der Waals surface area contributed by atoms with E-state index in [0.717, 1.165) is 40.8 Å². The minimum Gasteiger partial charge on any atom is -0.493 e. The minimum atomic E-state index is -1.12. The Morgan fingerprint density at radius 1 is 1.04 bits per heavy atom. The Kier molecular flexibility index (Phi) is 10.2. The van der Waals surface area contributed by atoms with Crippen molar-refractivity contribution < 1.29 is 33.5 Å². The highest BCUT2D eigenvalue weighted by Gasteiger charge is 2.56. The van der Waals surface area contributed by atoms with Gasteiger partial charge in [0.1, 0.15) is 17.8 Å². The third-order valence-electron chi connectivity index (χ3n) is 10.8. The molecule has 1 saturated heterocycles. The molecule has 1 spiro atoms. The fraction of sp³-hybridized carbons (Fsp3) is 0.550. The van der Waals surface area contributed by atoms with Crippen molar-refractivity contribution in [3.8, 4) is 5.75 Å². The number of nitrogens with two attached hydrogens (primary N) is 1. The van der Waals surface area contributed by atoms with Crippen LogP contribution in [0.15, 0.2) is 47.6 Å². The zero-order valence-electron chi connectivity index (χ0n) is 31.0. The van der Waals surface area contributed by atoms with Gasteiger partial charge in [-0.3, -0.25) is 24.0 Å². The predicted molar refractivity (Wildman–Crippen MR) is 194 cm³/mol. The summed E-state index contributed by atoms with van der Waals surface area (Å²) in [6, 6.07) is 10.7. The summed E-state index contributed by atoms with van der Waals surface area (Å²) in [4.78, 5) is 75.0. The van der Waals surface area contributed by atoms with Crippen molar-refractivity contribution in [3.05, 3.63) is 64.7 Å². The van der Waals surface area contributed by atoms with Gasteiger partial charge >= 0.3 is 0 Å². The highest BCUT2D eigenvalue weighted by molar-refractivity contribution is 6.37. The first-order chi connectivity index (χ1) is 24.6. The number of Topliss-reactive ketones (excluding diaryl/α,β-unsaturated/α-hetero) is 1. The molecule has 2 aromatic carbocycles. The molecule has 6 rings (SSSR count). The number of nitrogens with zero attached hydrogens (tertiary/aromatic N) is 2. The first-order valence-corrected chi connectivity index (χ1v) is 18.4. The Balaban J connectivity index is 1.26. The molecule has 2 aromatic rings. The van der Waals surface area contributed by atoms with Crippen LogP contribution in [0.25, 0.3) is 0 Å². The van der Waals surface area contributed by atoms with Gasteiger partial charge in [0.05, 0.1) is 24.9 Å². The van der Waals surface area contributed by atoms with Crippen LogP contribution in [0, 0.1) is 31.1 Å². The molecular weight excluding hydrogens is 662 g/mol. The Hall–Kier alpha value is -4.74. The van der Waals surface area contributed by atoms with Crippen LogP contribution in [0.2, 0.25) is 0 Å². The lowest BCUT2D eigenvalue weighted by molar-refractivity contribution is -0.145. The summed E-state index contributed by atoms with van der Waals surface area (Å²) in [5.74, 6) is -2.37. The molecule has 0 bridgehead atoms. The van der Waals surface area contributed by atoms with Crippen molar-refractivity contribution in [2.45, 2.75) is 110 Å². The van der Waals surface area contributed by atoms with E-state index in [9.17, 15) is 24.0 Å².